The van der Waals surface area contributed by atoms with E-state index in [1.807, 2.05) is 12.1 Å². The predicted molar refractivity (Wildman–Crippen MR) is 97.2 cm³/mol. The van der Waals surface area contributed by atoms with E-state index in [4.69, 9.17) is 9.15 Å². The Morgan fingerprint density at radius 2 is 2.19 bits per heavy atom. The molecule has 1 aliphatic heterocycles. The highest BCUT2D eigenvalue weighted by Gasteiger charge is 2.23. The molecule has 0 bridgehead atoms. The van der Waals surface area contributed by atoms with Gasteiger partial charge in [-0.2, -0.15) is 5.10 Å². The number of carbonyl (C=O) groups excluding carboxylic acids is 1. The van der Waals surface area contributed by atoms with Crippen LogP contribution in [-0.4, -0.2) is 22.7 Å². The van der Waals surface area contributed by atoms with Crippen molar-refractivity contribution in [2.75, 3.05) is 11.9 Å². The van der Waals surface area contributed by atoms with E-state index in [0.29, 0.717) is 31.2 Å². The molecule has 0 saturated carbocycles. The molecule has 1 amide bonds. The molecule has 26 heavy (non-hydrogen) atoms. The van der Waals surface area contributed by atoms with E-state index in [9.17, 15) is 4.79 Å². The first-order chi connectivity index (χ1) is 12.7. The van der Waals surface area contributed by atoms with E-state index >= 15 is 0 Å². The van der Waals surface area contributed by atoms with Crippen LogP contribution in [0, 0.1) is 6.92 Å². The number of nitrogens with one attached hydrogen (secondary N) is 2. The number of hydrogen-bond donors (Lipinski definition) is 2. The summed E-state index contributed by atoms with van der Waals surface area (Å²) in [6.07, 6.45) is 4.05. The van der Waals surface area contributed by atoms with Gasteiger partial charge < -0.3 is 14.5 Å². The zero-order chi connectivity index (χ0) is 17.9. The average molecular weight is 351 g/mol. The van der Waals surface area contributed by atoms with E-state index in [-0.39, 0.29) is 5.91 Å². The summed E-state index contributed by atoms with van der Waals surface area (Å²) in [6, 6.07) is 10.2. The van der Waals surface area contributed by atoms with E-state index in [0.717, 1.165) is 29.7 Å². The van der Waals surface area contributed by atoms with Gasteiger partial charge in [-0.3, -0.25) is 9.89 Å². The number of benzene rings is 1. The number of aromatic nitrogens is 2. The number of aryl methyl sites for hydroxylation is 3. The van der Waals surface area contributed by atoms with Crippen molar-refractivity contribution < 1.29 is 13.9 Å². The number of ether oxygens (including phenoxy) is 1. The van der Waals surface area contributed by atoms with E-state index in [1.165, 1.54) is 11.1 Å². The summed E-state index contributed by atoms with van der Waals surface area (Å²) >= 11 is 0. The molecule has 4 rings (SSSR count). The van der Waals surface area contributed by atoms with Crippen LogP contribution < -0.4 is 5.32 Å². The molecule has 1 aliphatic rings. The number of hydrogen-bond acceptors (Lipinski definition) is 4. The molecule has 2 aromatic heterocycles. The van der Waals surface area contributed by atoms with Gasteiger partial charge in [-0.25, -0.2) is 0 Å². The van der Waals surface area contributed by atoms with Gasteiger partial charge >= 0.3 is 0 Å². The summed E-state index contributed by atoms with van der Waals surface area (Å²) in [5, 5.41) is 9.99. The largest absolute Gasteiger partial charge is 0.458 e. The monoisotopic (exact) mass is 351 g/mol. The lowest BCUT2D eigenvalue weighted by molar-refractivity contribution is 0.0988. The Morgan fingerprint density at radius 1 is 1.31 bits per heavy atom. The van der Waals surface area contributed by atoms with Crippen LogP contribution in [0.4, 0.5) is 5.82 Å². The van der Waals surface area contributed by atoms with Crippen LogP contribution in [0.5, 0.6) is 0 Å². The summed E-state index contributed by atoms with van der Waals surface area (Å²) in [6.45, 7) is 3.22. The van der Waals surface area contributed by atoms with Crippen molar-refractivity contribution in [1.82, 2.24) is 10.2 Å². The standard InChI is InChI=1S/C20H21N3O3/c1-13-4-2-3-5-14(13)6-7-16-10-18(23-22-16)21-20(24)19-17-8-9-25-11-15(17)12-26-19/h2-5,10,12H,6-9,11H2,1H3,(H2,21,22,23,24). The minimum atomic E-state index is -0.273. The highest BCUT2D eigenvalue weighted by molar-refractivity contribution is 6.03. The third kappa shape index (κ3) is 3.41. The van der Waals surface area contributed by atoms with Gasteiger partial charge in [0.15, 0.2) is 11.6 Å². The van der Waals surface area contributed by atoms with Crippen LogP contribution in [0.1, 0.15) is 38.5 Å². The summed E-state index contributed by atoms with van der Waals surface area (Å²) < 4.78 is 10.8. The smallest absolute Gasteiger partial charge is 0.292 e. The van der Waals surface area contributed by atoms with Gasteiger partial charge in [-0.1, -0.05) is 24.3 Å². The molecule has 0 unspecified atom stereocenters. The van der Waals surface area contributed by atoms with Crippen molar-refractivity contribution in [2.24, 2.45) is 0 Å². The third-order valence-corrected chi connectivity index (χ3v) is 4.74. The lowest BCUT2D eigenvalue weighted by Gasteiger charge is -2.11. The van der Waals surface area contributed by atoms with Crippen LogP contribution in [0.3, 0.4) is 0 Å². The molecular formula is C20H21N3O3. The fourth-order valence-electron chi connectivity index (χ4n) is 3.25. The van der Waals surface area contributed by atoms with Crippen LogP contribution in [0.2, 0.25) is 0 Å². The molecule has 0 aliphatic carbocycles. The molecule has 3 aromatic rings. The first-order valence-electron chi connectivity index (χ1n) is 8.78. The molecule has 6 heteroatoms. The molecule has 0 saturated heterocycles. The van der Waals surface area contributed by atoms with Gasteiger partial charge in [0.25, 0.3) is 5.91 Å². The SMILES string of the molecule is Cc1ccccc1CCc1cc(NC(=O)c2occ3c2CCOC3)n[nH]1. The summed E-state index contributed by atoms with van der Waals surface area (Å²) in [4.78, 5) is 12.5. The number of nitrogens with zero attached hydrogens (tertiary/aromatic N) is 1. The minimum absolute atomic E-state index is 0.273. The maximum Gasteiger partial charge on any atom is 0.292 e. The van der Waals surface area contributed by atoms with Gasteiger partial charge in [0, 0.05) is 29.3 Å². The zero-order valence-electron chi connectivity index (χ0n) is 14.7. The van der Waals surface area contributed by atoms with Crippen molar-refractivity contribution in [2.45, 2.75) is 32.8 Å². The van der Waals surface area contributed by atoms with E-state index < -0.39 is 0 Å². The van der Waals surface area contributed by atoms with Crippen LogP contribution in [-0.2, 0) is 30.6 Å². The number of H-pyrrole nitrogens is 1. The highest BCUT2D eigenvalue weighted by atomic mass is 16.5. The number of furan rings is 1. The van der Waals surface area contributed by atoms with Crippen molar-refractivity contribution in [3.05, 3.63) is 70.3 Å². The van der Waals surface area contributed by atoms with Crippen molar-refractivity contribution in [1.29, 1.82) is 0 Å². The third-order valence-electron chi connectivity index (χ3n) is 4.74. The Morgan fingerprint density at radius 3 is 3.08 bits per heavy atom. The minimum Gasteiger partial charge on any atom is -0.458 e. The lowest BCUT2D eigenvalue weighted by Crippen LogP contribution is -2.16. The highest BCUT2D eigenvalue weighted by Crippen LogP contribution is 2.23. The molecular weight excluding hydrogens is 330 g/mol. The molecule has 3 heterocycles. The fourth-order valence-corrected chi connectivity index (χ4v) is 3.25. The van der Waals surface area contributed by atoms with Gasteiger partial charge in [0.05, 0.1) is 19.5 Å². The summed E-state index contributed by atoms with van der Waals surface area (Å²) in [5.41, 5.74) is 5.47. The van der Waals surface area contributed by atoms with E-state index in [2.05, 4.69) is 40.6 Å². The van der Waals surface area contributed by atoms with Crippen LogP contribution in [0.15, 0.2) is 41.0 Å². The summed E-state index contributed by atoms with van der Waals surface area (Å²) in [5.74, 6) is 0.588. The number of rotatable bonds is 5. The Hall–Kier alpha value is -2.86. The van der Waals surface area contributed by atoms with Gasteiger partial charge in [-0.05, 0) is 30.9 Å². The van der Waals surface area contributed by atoms with E-state index in [1.54, 1.807) is 6.26 Å². The van der Waals surface area contributed by atoms with Crippen molar-refractivity contribution in [3.8, 4) is 0 Å². The predicted octanol–water partition coefficient (Wildman–Crippen LogP) is 3.42. The van der Waals surface area contributed by atoms with Gasteiger partial charge in [0.2, 0.25) is 0 Å². The number of fused-ring (bicyclic) bond motifs is 1. The van der Waals surface area contributed by atoms with Crippen molar-refractivity contribution in [3.63, 3.8) is 0 Å². The Bertz CT molecular complexity index is 926. The second kappa shape index (κ2) is 7.17. The molecule has 6 nitrogen and oxygen atoms in total. The molecule has 0 radical (unpaired) electrons. The second-order valence-electron chi connectivity index (χ2n) is 6.53. The average Bonchev–Trinajstić information content (AvgIpc) is 3.28. The molecule has 1 aromatic carbocycles. The second-order valence-corrected chi connectivity index (χ2v) is 6.53. The molecule has 0 atom stereocenters. The summed E-state index contributed by atoms with van der Waals surface area (Å²) in [7, 11) is 0. The molecule has 2 N–H and O–H groups in total. The molecule has 0 spiro atoms. The first kappa shape index (κ1) is 16.6. The van der Waals surface area contributed by atoms with Gasteiger partial charge in [-0.15, -0.1) is 0 Å². The maximum absolute atomic E-state index is 12.5. The number of amides is 1. The van der Waals surface area contributed by atoms with Crippen LogP contribution >= 0.6 is 0 Å². The van der Waals surface area contributed by atoms with Crippen molar-refractivity contribution >= 4 is 11.7 Å². The number of aromatic amines is 1. The fraction of sp³-hybridized carbons (Fsp3) is 0.300. The zero-order valence-corrected chi connectivity index (χ0v) is 14.7. The first-order valence-corrected chi connectivity index (χ1v) is 8.78. The maximum atomic E-state index is 12.5. The quantitative estimate of drug-likeness (QED) is 0.738. The Labute approximate surface area is 151 Å². The lowest BCUT2D eigenvalue weighted by atomic mass is 10.0. The Kier molecular flexibility index (Phi) is 4.58. The molecule has 0 fully saturated rings. The topological polar surface area (TPSA) is 80.2 Å². The number of carbonyl (C=O) groups is 1. The number of anilines is 1. The van der Waals surface area contributed by atoms with Crippen LogP contribution in [0.25, 0.3) is 0 Å². The Balaban J connectivity index is 1.40. The molecule has 134 valence electrons. The normalized spacial score (nSPS) is 13.4. The van der Waals surface area contributed by atoms with Gasteiger partial charge in [0.1, 0.15) is 0 Å².